The fourth-order valence-corrected chi connectivity index (χ4v) is 5.30. The Balaban J connectivity index is 1.52. The molecular formula is C23H31N3O3S. The first-order chi connectivity index (χ1) is 14.3. The smallest absolute Gasteiger partial charge is 0.231 e. The van der Waals surface area contributed by atoms with Gasteiger partial charge in [-0.3, -0.25) is 4.79 Å². The zero-order valence-corrected chi connectivity index (χ0v) is 19.0. The highest BCUT2D eigenvalue weighted by Crippen LogP contribution is 2.37. The highest BCUT2D eigenvalue weighted by molar-refractivity contribution is 7.15. The average Bonchev–Trinajstić information content (AvgIpc) is 3.34. The third-order valence-corrected chi connectivity index (χ3v) is 6.87. The quantitative estimate of drug-likeness (QED) is 0.740. The lowest BCUT2D eigenvalue weighted by Crippen LogP contribution is -2.37. The summed E-state index contributed by atoms with van der Waals surface area (Å²) in [6.45, 7) is 10.7. The van der Waals surface area contributed by atoms with Crippen molar-refractivity contribution in [3.63, 3.8) is 0 Å². The van der Waals surface area contributed by atoms with E-state index in [1.807, 2.05) is 19.1 Å². The van der Waals surface area contributed by atoms with Crippen LogP contribution in [-0.2, 0) is 16.6 Å². The van der Waals surface area contributed by atoms with Crippen LogP contribution in [0.15, 0.2) is 18.2 Å². The van der Waals surface area contributed by atoms with Crippen LogP contribution in [0.4, 0.5) is 5.13 Å². The summed E-state index contributed by atoms with van der Waals surface area (Å²) in [6.07, 6.45) is 2.98. The maximum Gasteiger partial charge on any atom is 0.231 e. The highest BCUT2D eigenvalue weighted by atomic mass is 32.1. The summed E-state index contributed by atoms with van der Waals surface area (Å²) in [5.74, 6) is 1.99. The van der Waals surface area contributed by atoms with Crippen molar-refractivity contribution in [2.24, 2.45) is 11.8 Å². The monoisotopic (exact) mass is 429 g/mol. The number of thiazole rings is 1. The Kier molecular flexibility index (Phi) is 6.02. The average molecular weight is 430 g/mol. The molecule has 1 aromatic carbocycles. The number of hydrogen-bond donors (Lipinski definition) is 2. The first-order valence-corrected chi connectivity index (χ1v) is 11.5. The third-order valence-electron chi connectivity index (χ3n) is 5.90. The van der Waals surface area contributed by atoms with Crippen LogP contribution in [0.5, 0.6) is 11.5 Å². The molecule has 1 saturated heterocycles. The number of hydrogen-bond acceptors (Lipinski definition) is 6. The van der Waals surface area contributed by atoms with Gasteiger partial charge in [0.2, 0.25) is 12.7 Å². The van der Waals surface area contributed by atoms with E-state index in [0.29, 0.717) is 11.0 Å². The van der Waals surface area contributed by atoms with Crippen LogP contribution >= 0.6 is 11.3 Å². The van der Waals surface area contributed by atoms with Crippen molar-refractivity contribution in [2.45, 2.75) is 52.4 Å². The maximum atomic E-state index is 12.9. The van der Waals surface area contributed by atoms with Gasteiger partial charge in [0, 0.05) is 22.6 Å². The van der Waals surface area contributed by atoms with Gasteiger partial charge in [-0.25, -0.2) is 4.98 Å². The Labute approximate surface area is 182 Å². The van der Waals surface area contributed by atoms with Gasteiger partial charge in [-0.05, 0) is 49.5 Å². The van der Waals surface area contributed by atoms with Crippen LogP contribution in [0.2, 0.25) is 0 Å². The number of aromatic nitrogens is 1. The van der Waals surface area contributed by atoms with Crippen molar-refractivity contribution >= 4 is 22.4 Å². The molecule has 2 atom stereocenters. The van der Waals surface area contributed by atoms with E-state index in [2.05, 4.69) is 37.5 Å². The summed E-state index contributed by atoms with van der Waals surface area (Å²) >= 11 is 1.58. The molecule has 2 N–H and O–H groups in total. The summed E-state index contributed by atoms with van der Waals surface area (Å²) in [7, 11) is 0. The molecule has 4 rings (SSSR count). The third kappa shape index (κ3) is 4.62. The number of carbonyl (C=O) groups is 1. The zero-order chi connectivity index (χ0) is 21.3. The molecule has 2 aliphatic heterocycles. The number of amides is 1. The maximum absolute atomic E-state index is 12.9. The normalized spacial score (nSPS) is 19.5. The van der Waals surface area contributed by atoms with E-state index in [1.165, 1.54) is 4.88 Å². The highest BCUT2D eigenvalue weighted by Gasteiger charge is 2.28. The van der Waals surface area contributed by atoms with Crippen molar-refractivity contribution in [2.75, 3.05) is 25.2 Å². The molecule has 1 amide bonds. The Hall–Kier alpha value is -2.12. The molecule has 0 saturated carbocycles. The lowest BCUT2D eigenvalue weighted by atomic mass is 9.87. The molecule has 30 heavy (non-hydrogen) atoms. The standard InChI is InChI=1S/C23H31N3O3S/c1-14(16-6-5-9-24-12-16)21(27)26-22-25-20(23(2,3)4)19(30-22)11-15-7-8-17-18(10-15)29-13-28-17/h7-8,10,14,16,24H,5-6,9,11-13H2,1-4H3,(H,25,26,27). The molecule has 0 aliphatic carbocycles. The Morgan fingerprint density at radius 2 is 2.13 bits per heavy atom. The van der Waals surface area contributed by atoms with Crippen molar-refractivity contribution in [3.8, 4) is 11.5 Å². The van der Waals surface area contributed by atoms with E-state index in [0.717, 1.165) is 55.1 Å². The number of benzene rings is 1. The SMILES string of the molecule is CC(C(=O)Nc1nc(C(C)(C)C)c(Cc2ccc3c(c2)OCO3)s1)C1CCCNC1. The van der Waals surface area contributed by atoms with Gasteiger partial charge >= 0.3 is 0 Å². The molecule has 6 nitrogen and oxygen atoms in total. The van der Waals surface area contributed by atoms with Gasteiger partial charge in [0.25, 0.3) is 0 Å². The molecule has 3 heterocycles. The van der Waals surface area contributed by atoms with E-state index in [4.69, 9.17) is 14.5 Å². The molecule has 162 valence electrons. The Morgan fingerprint density at radius 1 is 1.33 bits per heavy atom. The van der Waals surface area contributed by atoms with Crippen LogP contribution in [0.1, 0.15) is 56.7 Å². The fraction of sp³-hybridized carbons (Fsp3) is 0.565. The Bertz CT molecular complexity index is 913. The predicted octanol–water partition coefficient (Wildman–Crippen LogP) is 4.33. The fourth-order valence-electron chi connectivity index (χ4n) is 4.09. The van der Waals surface area contributed by atoms with E-state index in [-0.39, 0.29) is 24.0 Å². The largest absolute Gasteiger partial charge is 0.454 e. The van der Waals surface area contributed by atoms with Gasteiger partial charge in [-0.2, -0.15) is 0 Å². The number of piperidine rings is 1. The molecule has 1 aromatic heterocycles. The summed E-state index contributed by atoms with van der Waals surface area (Å²) in [4.78, 5) is 18.9. The molecule has 2 aliphatic rings. The van der Waals surface area contributed by atoms with Crippen molar-refractivity contribution in [1.29, 1.82) is 0 Å². The molecule has 7 heteroatoms. The summed E-state index contributed by atoms with van der Waals surface area (Å²) in [6, 6.07) is 6.05. The summed E-state index contributed by atoms with van der Waals surface area (Å²) < 4.78 is 10.9. The number of rotatable bonds is 5. The van der Waals surface area contributed by atoms with E-state index in [9.17, 15) is 4.79 Å². The lowest BCUT2D eigenvalue weighted by Gasteiger charge is -2.27. The first kappa shape index (κ1) is 21.1. The first-order valence-electron chi connectivity index (χ1n) is 10.7. The molecule has 0 radical (unpaired) electrons. The van der Waals surface area contributed by atoms with Gasteiger partial charge in [0.05, 0.1) is 5.69 Å². The molecule has 0 bridgehead atoms. The minimum absolute atomic E-state index is 0.0305. The van der Waals surface area contributed by atoms with Crippen LogP contribution in [0, 0.1) is 11.8 Å². The van der Waals surface area contributed by atoms with Crippen molar-refractivity contribution < 1.29 is 14.3 Å². The van der Waals surface area contributed by atoms with Crippen molar-refractivity contribution in [3.05, 3.63) is 34.3 Å². The molecule has 0 spiro atoms. The molecule has 2 unspecified atom stereocenters. The van der Waals surface area contributed by atoms with E-state index in [1.54, 1.807) is 11.3 Å². The molecular weight excluding hydrogens is 398 g/mol. The number of carbonyl (C=O) groups excluding carboxylic acids is 1. The van der Waals surface area contributed by atoms with Gasteiger partial charge < -0.3 is 20.1 Å². The number of anilines is 1. The van der Waals surface area contributed by atoms with Crippen LogP contribution in [-0.4, -0.2) is 30.8 Å². The minimum atomic E-state index is -0.107. The number of fused-ring (bicyclic) bond motifs is 1. The predicted molar refractivity (Wildman–Crippen MR) is 120 cm³/mol. The molecule has 1 fully saturated rings. The van der Waals surface area contributed by atoms with Gasteiger partial charge in [0.1, 0.15) is 0 Å². The topological polar surface area (TPSA) is 72.5 Å². The van der Waals surface area contributed by atoms with Crippen LogP contribution in [0.25, 0.3) is 0 Å². The Morgan fingerprint density at radius 3 is 2.87 bits per heavy atom. The van der Waals surface area contributed by atoms with Gasteiger partial charge in [0.15, 0.2) is 16.6 Å². The van der Waals surface area contributed by atoms with Gasteiger partial charge in [-0.1, -0.05) is 33.8 Å². The number of ether oxygens (including phenoxy) is 2. The second-order valence-corrected chi connectivity index (χ2v) is 10.4. The summed E-state index contributed by atoms with van der Waals surface area (Å²) in [5, 5.41) is 7.19. The molecule has 2 aromatic rings. The zero-order valence-electron chi connectivity index (χ0n) is 18.2. The van der Waals surface area contributed by atoms with Gasteiger partial charge in [-0.15, -0.1) is 11.3 Å². The van der Waals surface area contributed by atoms with Crippen molar-refractivity contribution in [1.82, 2.24) is 10.3 Å². The number of nitrogens with zero attached hydrogens (tertiary/aromatic N) is 1. The lowest BCUT2D eigenvalue weighted by molar-refractivity contribution is -0.121. The second kappa shape index (κ2) is 8.55. The summed E-state index contributed by atoms with van der Waals surface area (Å²) in [5.41, 5.74) is 2.07. The minimum Gasteiger partial charge on any atom is -0.454 e. The van der Waals surface area contributed by atoms with E-state index < -0.39 is 0 Å². The van der Waals surface area contributed by atoms with E-state index >= 15 is 0 Å². The number of nitrogens with one attached hydrogen (secondary N) is 2. The van der Waals surface area contributed by atoms with Crippen LogP contribution in [0.3, 0.4) is 0 Å². The second-order valence-electron chi connectivity index (χ2n) is 9.29. The van der Waals surface area contributed by atoms with Crippen LogP contribution < -0.4 is 20.1 Å².